The summed E-state index contributed by atoms with van der Waals surface area (Å²) in [6.45, 7) is 5.66. The monoisotopic (exact) mass is 457 g/mol. The molecule has 1 aliphatic rings. The summed E-state index contributed by atoms with van der Waals surface area (Å²) in [5.74, 6) is -1.26. The Hall–Kier alpha value is -2.33. The zero-order valence-electron chi connectivity index (χ0n) is 17.1. The number of rotatable bonds is 5. The number of alkyl halides is 3. The predicted octanol–water partition coefficient (Wildman–Crippen LogP) is 4.17. The van der Waals surface area contributed by atoms with Crippen LogP contribution in [0, 0.1) is 12.7 Å². The Balaban J connectivity index is 1.86. The molecule has 1 N–H and O–H groups in total. The van der Waals surface area contributed by atoms with Crippen molar-refractivity contribution in [2.45, 2.75) is 37.9 Å². The Morgan fingerprint density at radius 2 is 1.97 bits per heavy atom. The highest BCUT2D eigenvalue weighted by molar-refractivity contribution is 7.80. The average molecular weight is 457 g/mol. The van der Waals surface area contributed by atoms with Gasteiger partial charge in [-0.25, -0.2) is 9.37 Å². The Kier molecular flexibility index (Phi) is 7.10. The fraction of sp³-hybridized carbons (Fsp3) is 0.429. The third-order valence-electron chi connectivity index (χ3n) is 5.17. The van der Waals surface area contributed by atoms with Crippen molar-refractivity contribution >= 4 is 24.4 Å². The zero-order valence-corrected chi connectivity index (χ0v) is 18.0. The number of carbonyl (C=O) groups is 1. The van der Waals surface area contributed by atoms with E-state index < -0.39 is 23.5 Å². The SMILES string of the molecule is CCc1nc(N2CCOCC2)c(S)c(C)c1C(=O)NCc1cccc(C(F)(F)F)c1F. The Morgan fingerprint density at radius 3 is 2.58 bits per heavy atom. The van der Waals surface area contributed by atoms with Crippen molar-refractivity contribution in [3.8, 4) is 0 Å². The number of hydrogen-bond acceptors (Lipinski definition) is 5. The highest BCUT2D eigenvalue weighted by Crippen LogP contribution is 2.33. The molecule has 1 aliphatic heterocycles. The van der Waals surface area contributed by atoms with Gasteiger partial charge in [0.1, 0.15) is 11.6 Å². The number of carbonyl (C=O) groups excluding carboxylic acids is 1. The minimum absolute atomic E-state index is 0.247. The number of aromatic nitrogens is 1. The van der Waals surface area contributed by atoms with Gasteiger partial charge in [-0.3, -0.25) is 4.79 Å². The molecule has 0 atom stereocenters. The molecule has 168 valence electrons. The smallest absolute Gasteiger partial charge is 0.378 e. The maximum Gasteiger partial charge on any atom is 0.419 e. The molecule has 1 aromatic heterocycles. The van der Waals surface area contributed by atoms with E-state index in [1.54, 1.807) is 6.92 Å². The number of anilines is 1. The number of hydrogen-bond donors (Lipinski definition) is 2. The molecule has 0 radical (unpaired) electrons. The van der Waals surface area contributed by atoms with Crippen LogP contribution in [0.2, 0.25) is 0 Å². The van der Waals surface area contributed by atoms with E-state index in [9.17, 15) is 22.4 Å². The number of halogens is 4. The quantitative estimate of drug-likeness (QED) is 0.523. The summed E-state index contributed by atoms with van der Waals surface area (Å²) in [7, 11) is 0. The first-order chi connectivity index (χ1) is 14.6. The molecular formula is C21H23F4N3O2S. The molecule has 2 aromatic rings. The van der Waals surface area contributed by atoms with Crippen molar-refractivity contribution in [3.63, 3.8) is 0 Å². The van der Waals surface area contributed by atoms with E-state index in [-0.39, 0.29) is 12.1 Å². The number of benzene rings is 1. The van der Waals surface area contributed by atoms with Crippen molar-refractivity contribution in [1.29, 1.82) is 0 Å². The van der Waals surface area contributed by atoms with Crippen molar-refractivity contribution in [2.24, 2.45) is 0 Å². The lowest BCUT2D eigenvalue weighted by Crippen LogP contribution is -2.37. The summed E-state index contributed by atoms with van der Waals surface area (Å²) in [5.41, 5.74) is -0.156. The highest BCUT2D eigenvalue weighted by Gasteiger charge is 2.34. The molecule has 2 heterocycles. The lowest BCUT2D eigenvalue weighted by atomic mass is 10.0. The summed E-state index contributed by atoms with van der Waals surface area (Å²) < 4.78 is 58.4. The second-order valence-corrected chi connectivity index (χ2v) is 7.59. The van der Waals surface area contributed by atoms with Gasteiger partial charge in [0.2, 0.25) is 0 Å². The van der Waals surface area contributed by atoms with E-state index in [0.29, 0.717) is 66.3 Å². The first kappa shape index (κ1) is 23.3. The maximum absolute atomic E-state index is 14.3. The third-order valence-corrected chi connectivity index (χ3v) is 5.70. The van der Waals surface area contributed by atoms with Crippen molar-refractivity contribution in [2.75, 3.05) is 31.2 Å². The summed E-state index contributed by atoms with van der Waals surface area (Å²) in [6, 6.07) is 2.99. The topological polar surface area (TPSA) is 54.5 Å². The number of nitrogens with zero attached hydrogens (tertiary/aromatic N) is 2. The summed E-state index contributed by atoms with van der Waals surface area (Å²) in [5, 5.41) is 2.52. The van der Waals surface area contributed by atoms with E-state index in [1.165, 1.54) is 6.07 Å². The molecule has 3 rings (SSSR count). The van der Waals surface area contributed by atoms with Crippen LogP contribution in [0.3, 0.4) is 0 Å². The lowest BCUT2D eigenvalue weighted by molar-refractivity contribution is -0.140. The van der Waals surface area contributed by atoms with Crippen LogP contribution in [-0.2, 0) is 23.9 Å². The molecule has 0 aliphatic carbocycles. The molecule has 1 amide bonds. The molecule has 0 spiro atoms. The Labute approximate surface area is 183 Å². The second-order valence-electron chi connectivity index (χ2n) is 7.14. The van der Waals surface area contributed by atoms with Crippen molar-refractivity contribution in [3.05, 3.63) is 52.0 Å². The van der Waals surface area contributed by atoms with E-state index in [1.807, 2.05) is 11.8 Å². The number of pyridine rings is 1. The number of nitrogens with one attached hydrogen (secondary N) is 1. The molecular weight excluding hydrogens is 434 g/mol. The van der Waals surface area contributed by atoms with Gasteiger partial charge < -0.3 is 15.0 Å². The van der Waals surface area contributed by atoms with Crippen molar-refractivity contribution < 1.29 is 27.1 Å². The van der Waals surface area contributed by atoms with E-state index in [2.05, 4.69) is 22.9 Å². The lowest BCUT2D eigenvalue weighted by Gasteiger charge is -2.30. The zero-order chi connectivity index (χ0) is 22.8. The largest absolute Gasteiger partial charge is 0.419 e. The van der Waals surface area contributed by atoms with Crippen LogP contribution in [-0.4, -0.2) is 37.2 Å². The molecule has 1 saturated heterocycles. The van der Waals surface area contributed by atoms with Gasteiger partial charge in [0.25, 0.3) is 5.91 Å². The van der Waals surface area contributed by atoms with Gasteiger partial charge in [-0.2, -0.15) is 13.2 Å². The second kappa shape index (κ2) is 9.44. The van der Waals surface area contributed by atoms with E-state index in [4.69, 9.17) is 4.74 Å². The van der Waals surface area contributed by atoms with Crippen LogP contribution in [0.4, 0.5) is 23.4 Å². The summed E-state index contributed by atoms with van der Waals surface area (Å²) in [6.07, 6.45) is -4.34. The Bertz CT molecular complexity index is 976. The summed E-state index contributed by atoms with van der Waals surface area (Å²) >= 11 is 4.56. The van der Waals surface area contributed by atoms with Crippen LogP contribution in [0.15, 0.2) is 23.1 Å². The molecule has 0 unspecified atom stereocenters. The Morgan fingerprint density at radius 1 is 1.29 bits per heavy atom. The summed E-state index contributed by atoms with van der Waals surface area (Å²) in [4.78, 5) is 20.1. The van der Waals surface area contributed by atoms with Gasteiger partial charge in [-0.05, 0) is 25.0 Å². The molecule has 0 saturated carbocycles. The molecule has 1 fully saturated rings. The number of ether oxygens (including phenoxy) is 1. The molecule has 31 heavy (non-hydrogen) atoms. The van der Waals surface area contributed by atoms with Gasteiger partial charge in [0.15, 0.2) is 0 Å². The molecule has 5 nitrogen and oxygen atoms in total. The van der Waals surface area contributed by atoms with Crippen LogP contribution in [0.25, 0.3) is 0 Å². The highest BCUT2D eigenvalue weighted by atomic mass is 32.1. The predicted molar refractivity (Wildman–Crippen MR) is 111 cm³/mol. The average Bonchev–Trinajstić information content (AvgIpc) is 2.74. The molecule has 1 aromatic carbocycles. The van der Waals surface area contributed by atoms with Gasteiger partial charge in [0, 0.05) is 25.2 Å². The fourth-order valence-electron chi connectivity index (χ4n) is 3.49. The van der Waals surface area contributed by atoms with E-state index >= 15 is 0 Å². The van der Waals surface area contributed by atoms with Crippen LogP contribution in [0.5, 0.6) is 0 Å². The van der Waals surface area contributed by atoms with Crippen LogP contribution in [0.1, 0.15) is 39.7 Å². The number of aryl methyl sites for hydroxylation is 1. The minimum atomic E-state index is -4.81. The third kappa shape index (κ3) is 4.95. The number of amides is 1. The number of morpholine rings is 1. The van der Waals surface area contributed by atoms with E-state index in [0.717, 1.165) is 6.07 Å². The van der Waals surface area contributed by atoms with Gasteiger partial charge in [0.05, 0.1) is 34.9 Å². The molecule has 10 heteroatoms. The first-order valence-corrected chi connectivity index (χ1v) is 10.3. The first-order valence-electron chi connectivity index (χ1n) is 9.83. The van der Waals surface area contributed by atoms with Crippen molar-refractivity contribution in [1.82, 2.24) is 10.3 Å². The standard InChI is InChI=1S/C21H23F4N3O2S/c1-3-15-16(12(2)18(31)19(27-15)28-7-9-30-10-8-28)20(29)26-11-13-5-4-6-14(17(13)22)21(23,24)25/h4-6,31H,3,7-11H2,1-2H3,(H,26,29). The fourth-order valence-corrected chi connectivity index (χ4v) is 3.79. The van der Waals surface area contributed by atoms with Gasteiger partial charge in [-0.1, -0.05) is 19.1 Å². The molecule has 0 bridgehead atoms. The van der Waals surface area contributed by atoms with Crippen LogP contribution >= 0.6 is 12.6 Å². The number of thiol groups is 1. The van der Waals surface area contributed by atoms with Crippen LogP contribution < -0.4 is 10.2 Å². The minimum Gasteiger partial charge on any atom is -0.378 e. The maximum atomic E-state index is 14.3. The van der Waals surface area contributed by atoms with Gasteiger partial charge >= 0.3 is 6.18 Å². The normalized spacial score (nSPS) is 14.6. The van der Waals surface area contributed by atoms with Gasteiger partial charge in [-0.15, -0.1) is 12.6 Å².